The number of nitriles is 1. The third-order valence-corrected chi connectivity index (χ3v) is 5.00. The summed E-state index contributed by atoms with van der Waals surface area (Å²) < 4.78 is 5.39. The van der Waals surface area contributed by atoms with E-state index in [2.05, 4.69) is 11.4 Å². The van der Waals surface area contributed by atoms with Crippen molar-refractivity contribution in [3.8, 4) is 6.07 Å². The van der Waals surface area contributed by atoms with Gasteiger partial charge in [0.15, 0.2) is 0 Å². The molecule has 0 atom stereocenters. The first-order valence-electron chi connectivity index (χ1n) is 7.03. The SMILES string of the molecule is Cc1cc(C(=O)Nc2sc3c(c2C#N)CCCC3)c(C)o1. The average molecular weight is 300 g/mol. The van der Waals surface area contributed by atoms with Gasteiger partial charge in [-0.15, -0.1) is 11.3 Å². The van der Waals surface area contributed by atoms with Crippen molar-refractivity contribution in [3.63, 3.8) is 0 Å². The molecular formula is C16H16N2O2S. The van der Waals surface area contributed by atoms with E-state index in [1.807, 2.05) is 6.92 Å². The third-order valence-electron chi connectivity index (χ3n) is 3.80. The van der Waals surface area contributed by atoms with Crippen molar-refractivity contribution in [2.75, 3.05) is 5.32 Å². The molecule has 1 aliphatic carbocycles. The molecule has 1 N–H and O–H groups in total. The van der Waals surface area contributed by atoms with Crippen LogP contribution in [0.15, 0.2) is 10.5 Å². The highest BCUT2D eigenvalue weighted by molar-refractivity contribution is 7.16. The Bertz CT molecular complexity index is 749. The van der Waals surface area contributed by atoms with Crippen LogP contribution in [0.4, 0.5) is 5.00 Å². The lowest BCUT2D eigenvalue weighted by Crippen LogP contribution is -2.12. The van der Waals surface area contributed by atoms with Crippen LogP contribution in [0.25, 0.3) is 0 Å². The van der Waals surface area contributed by atoms with E-state index in [0.29, 0.717) is 27.6 Å². The summed E-state index contributed by atoms with van der Waals surface area (Å²) in [5, 5.41) is 13.0. The number of nitrogens with zero attached hydrogens (tertiary/aromatic N) is 1. The summed E-state index contributed by atoms with van der Waals surface area (Å²) in [6.45, 7) is 3.58. The molecule has 1 amide bonds. The van der Waals surface area contributed by atoms with Crippen LogP contribution in [-0.2, 0) is 12.8 Å². The molecule has 0 bridgehead atoms. The summed E-state index contributed by atoms with van der Waals surface area (Å²) in [7, 11) is 0. The van der Waals surface area contributed by atoms with Gasteiger partial charge in [0.2, 0.25) is 0 Å². The van der Waals surface area contributed by atoms with Gasteiger partial charge in [0.25, 0.3) is 5.91 Å². The molecule has 0 saturated heterocycles. The van der Waals surface area contributed by atoms with Crippen LogP contribution >= 0.6 is 11.3 Å². The second-order valence-corrected chi connectivity index (χ2v) is 6.41. The Balaban J connectivity index is 1.92. The molecule has 3 rings (SSSR count). The highest BCUT2D eigenvalue weighted by Gasteiger charge is 2.23. The average Bonchev–Trinajstić information content (AvgIpc) is 2.97. The van der Waals surface area contributed by atoms with E-state index in [0.717, 1.165) is 31.2 Å². The van der Waals surface area contributed by atoms with Crippen LogP contribution in [0, 0.1) is 25.2 Å². The first kappa shape index (κ1) is 13.9. The number of furan rings is 1. The molecule has 5 heteroatoms. The lowest BCUT2D eigenvalue weighted by atomic mass is 9.96. The van der Waals surface area contributed by atoms with Gasteiger partial charge in [-0.05, 0) is 51.2 Å². The topological polar surface area (TPSA) is 66.0 Å². The standard InChI is InChI=1S/C16H16N2O2S/c1-9-7-12(10(2)20-9)15(19)18-16-13(8-17)11-5-3-4-6-14(11)21-16/h7H,3-6H2,1-2H3,(H,18,19). The van der Waals surface area contributed by atoms with Crippen molar-refractivity contribution in [2.24, 2.45) is 0 Å². The summed E-state index contributed by atoms with van der Waals surface area (Å²) in [5.41, 5.74) is 2.30. The molecule has 4 nitrogen and oxygen atoms in total. The first-order valence-corrected chi connectivity index (χ1v) is 7.85. The molecule has 2 aromatic heterocycles. The van der Waals surface area contributed by atoms with Crippen LogP contribution in [0.2, 0.25) is 0 Å². The Morgan fingerprint density at radius 1 is 1.38 bits per heavy atom. The van der Waals surface area contributed by atoms with Crippen LogP contribution in [0.5, 0.6) is 0 Å². The number of carbonyl (C=O) groups is 1. The Hall–Kier alpha value is -2.06. The highest BCUT2D eigenvalue weighted by Crippen LogP contribution is 2.37. The minimum Gasteiger partial charge on any atom is -0.466 e. The molecule has 2 heterocycles. The van der Waals surface area contributed by atoms with Crippen molar-refractivity contribution >= 4 is 22.2 Å². The lowest BCUT2D eigenvalue weighted by molar-refractivity contribution is 0.102. The monoisotopic (exact) mass is 300 g/mol. The van der Waals surface area contributed by atoms with Gasteiger partial charge in [-0.3, -0.25) is 4.79 Å². The molecule has 108 valence electrons. The fourth-order valence-electron chi connectivity index (χ4n) is 2.80. The van der Waals surface area contributed by atoms with Crippen LogP contribution in [-0.4, -0.2) is 5.91 Å². The molecule has 0 radical (unpaired) electrons. The fraction of sp³-hybridized carbons (Fsp3) is 0.375. The molecule has 0 spiro atoms. The fourth-order valence-corrected chi connectivity index (χ4v) is 4.03. The molecule has 21 heavy (non-hydrogen) atoms. The van der Waals surface area contributed by atoms with E-state index in [1.54, 1.807) is 13.0 Å². The predicted octanol–water partition coefficient (Wildman–Crippen LogP) is 3.96. The van der Waals surface area contributed by atoms with E-state index >= 15 is 0 Å². The van der Waals surface area contributed by atoms with Crippen molar-refractivity contribution in [1.82, 2.24) is 0 Å². The summed E-state index contributed by atoms with van der Waals surface area (Å²) in [6, 6.07) is 3.98. The minimum atomic E-state index is -0.209. The first-order chi connectivity index (χ1) is 10.1. The molecule has 0 fully saturated rings. The van der Waals surface area contributed by atoms with Gasteiger partial charge in [-0.2, -0.15) is 5.26 Å². The number of hydrogen-bond acceptors (Lipinski definition) is 4. The third kappa shape index (κ3) is 2.47. The summed E-state index contributed by atoms with van der Waals surface area (Å²) in [5.74, 6) is 1.10. The van der Waals surface area contributed by atoms with E-state index in [9.17, 15) is 10.1 Å². The van der Waals surface area contributed by atoms with Crippen LogP contribution in [0.1, 0.15) is 50.7 Å². The predicted molar refractivity (Wildman–Crippen MR) is 81.8 cm³/mol. The minimum absolute atomic E-state index is 0.209. The van der Waals surface area contributed by atoms with Gasteiger partial charge in [-0.1, -0.05) is 0 Å². The second-order valence-electron chi connectivity index (χ2n) is 5.31. The van der Waals surface area contributed by atoms with Gasteiger partial charge in [0.05, 0.1) is 11.1 Å². The van der Waals surface area contributed by atoms with Gasteiger partial charge >= 0.3 is 0 Å². The number of rotatable bonds is 2. The Morgan fingerprint density at radius 2 is 2.14 bits per heavy atom. The molecule has 0 aromatic carbocycles. The number of aryl methyl sites for hydroxylation is 3. The zero-order valence-electron chi connectivity index (χ0n) is 12.1. The Morgan fingerprint density at radius 3 is 2.81 bits per heavy atom. The Kier molecular flexibility index (Phi) is 3.56. The number of anilines is 1. The molecule has 0 saturated carbocycles. The number of hydrogen-bond donors (Lipinski definition) is 1. The zero-order chi connectivity index (χ0) is 15.0. The smallest absolute Gasteiger partial charge is 0.259 e. The quantitative estimate of drug-likeness (QED) is 0.912. The van der Waals surface area contributed by atoms with Crippen molar-refractivity contribution < 1.29 is 9.21 Å². The van der Waals surface area contributed by atoms with Gasteiger partial charge in [-0.25, -0.2) is 0 Å². The number of amides is 1. The van der Waals surface area contributed by atoms with Gasteiger partial charge in [0, 0.05) is 4.88 Å². The maximum Gasteiger partial charge on any atom is 0.259 e. The van der Waals surface area contributed by atoms with E-state index in [1.165, 1.54) is 16.2 Å². The van der Waals surface area contributed by atoms with E-state index in [-0.39, 0.29) is 5.91 Å². The Labute approximate surface area is 127 Å². The number of carbonyl (C=O) groups excluding carboxylic acids is 1. The van der Waals surface area contributed by atoms with Crippen LogP contribution < -0.4 is 5.32 Å². The molecule has 2 aromatic rings. The maximum atomic E-state index is 12.4. The molecule has 1 aliphatic rings. The van der Waals surface area contributed by atoms with Crippen molar-refractivity contribution in [2.45, 2.75) is 39.5 Å². The number of thiophene rings is 1. The molecule has 0 unspecified atom stereocenters. The van der Waals surface area contributed by atoms with Gasteiger partial charge in [0.1, 0.15) is 22.6 Å². The largest absolute Gasteiger partial charge is 0.466 e. The van der Waals surface area contributed by atoms with Crippen LogP contribution in [0.3, 0.4) is 0 Å². The zero-order valence-corrected chi connectivity index (χ0v) is 12.9. The highest BCUT2D eigenvalue weighted by atomic mass is 32.1. The number of fused-ring (bicyclic) bond motifs is 1. The van der Waals surface area contributed by atoms with E-state index in [4.69, 9.17) is 4.42 Å². The number of nitrogens with one attached hydrogen (secondary N) is 1. The summed E-state index contributed by atoms with van der Waals surface area (Å²) in [4.78, 5) is 13.6. The van der Waals surface area contributed by atoms with Crippen molar-refractivity contribution in [1.29, 1.82) is 5.26 Å². The maximum absolute atomic E-state index is 12.4. The lowest BCUT2D eigenvalue weighted by Gasteiger charge is -2.09. The summed E-state index contributed by atoms with van der Waals surface area (Å²) in [6.07, 6.45) is 4.22. The second kappa shape index (κ2) is 5.38. The summed E-state index contributed by atoms with van der Waals surface area (Å²) >= 11 is 1.54. The normalized spacial score (nSPS) is 13.6. The van der Waals surface area contributed by atoms with Crippen molar-refractivity contribution in [3.05, 3.63) is 39.2 Å². The van der Waals surface area contributed by atoms with Gasteiger partial charge < -0.3 is 9.73 Å². The molecular weight excluding hydrogens is 284 g/mol. The molecule has 0 aliphatic heterocycles. The van der Waals surface area contributed by atoms with E-state index < -0.39 is 0 Å².